The Morgan fingerprint density at radius 2 is 2.03 bits per heavy atom. The lowest BCUT2D eigenvalue weighted by Gasteiger charge is -2.36. The van der Waals surface area contributed by atoms with Crippen LogP contribution in [0.4, 0.5) is 4.39 Å². The van der Waals surface area contributed by atoms with Gasteiger partial charge in [0, 0.05) is 38.7 Å². The molecule has 2 saturated heterocycles. The number of hydrogen-bond donors (Lipinski definition) is 1. The average molecular weight is 533 g/mol. The number of ether oxygens (including phenoxy) is 2. The maximum Gasteiger partial charge on any atom is 0.193 e. The molecule has 0 spiro atoms. The van der Waals surface area contributed by atoms with Crippen LogP contribution in [0.5, 0.6) is 0 Å². The quantitative estimate of drug-likeness (QED) is 0.336. The Balaban J connectivity index is 0.00000320. The molecule has 2 aliphatic heterocycles. The van der Waals surface area contributed by atoms with Crippen molar-refractivity contribution in [2.45, 2.75) is 63.6 Å². The Morgan fingerprint density at radius 3 is 2.67 bits per heavy atom. The zero-order valence-electron chi connectivity index (χ0n) is 18.5. The van der Waals surface area contributed by atoms with Crippen molar-refractivity contribution in [1.29, 1.82) is 0 Å². The number of hydrogen-bond acceptors (Lipinski definition) is 3. The highest BCUT2D eigenvalue weighted by atomic mass is 127. The highest BCUT2D eigenvalue weighted by Crippen LogP contribution is 2.23. The molecule has 0 amide bonds. The minimum absolute atomic E-state index is 0. The smallest absolute Gasteiger partial charge is 0.193 e. The normalized spacial score (nSPS) is 21.3. The lowest BCUT2D eigenvalue weighted by atomic mass is 9.84. The fourth-order valence-electron chi connectivity index (χ4n) is 4.06. The van der Waals surface area contributed by atoms with E-state index in [1.807, 2.05) is 13.1 Å². The zero-order chi connectivity index (χ0) is 20.7. The van der Waals surface area contributed by atoms with E-state index in [2.05, 4.69) is 29.1 Å². The third kappa shape index (κ3) is 7.34. The van der Waals surface area contributed by atoms with Crippen LogP contribution in [0.25, 0.3) is 0 Å². The second-order valence-electron chi connectivity index (χ2n) is 8.80. The summed E-state index contributed by atoms with van der Waals surface area (Å²) in [5.41, 5.74) is 0.789. The average Bonchev–Trinajstić information content (AvgIpc) is 2.74. The second kappa shape index (κ2) is 12.2. The van der Waals surface area contributed by atoms with Crippen molar-refractivity contribution in [2.75, 3.05) is 39.9 Å². The Labute approximate surface area is 197 Å². The molecule has 2 aliphatic rings. The van der Waals surface area contributed by atoms with E-state index in [-0.39, 0.29) is 41.3 Å². The van der Waals surface area contributed by atoms with E-state index in [1.165, 1.54) is 18.9 Å². The predicted molar refractivity (Wildman–Crippen MR) is 130 cm³/mol. The van der Waals surface area contributed by atoms with Crippen LogP contribution in [-0.4, -0.2) is 63.0 Å². The molecular weight excluding hydrogens is 496 g/mol. The zero-order valence-corrected chi connectivity index (χ0v) is 20.9. The third-order valence-electron chi connectivity index (χ3n) is 6.04. The number of benzene rings is 1. The highest BCUT2D eigenvalue weighted by molar-refractivity contribution is 14.0. The van der Waals surface area contributed by atoms with Gasteiger partial charge in [0.05, 0.1) is 18.8 Å². The van der Waals surface area contributed by atoms with Gasteiger partial charge in [-0.1, -0.05) is 26.0 Å². The summed E-state index contributed by atoms with van der Waals surface area (Å²) in [5, 5.41) is 3.49. The monoisotopic (exact) mass is 533 g/mol. The first kappa shape index (κ1) is 25.3. The van der Waals surface area contributed by atoms with Crippen LogP contribution < -0.4 is 5.32 Å². The Bertz CT molecular complexity index is 672. The summed E-state index contributed by atoms with van der Waals surface area (Å²) in [6, 6.07) is 6.85. The van der Waals surface area contributed by atoms with Crippen LogP contribution in [0.1, 0.15) is 51.5 Å². The second-order valence-corrected chi connectivity index (χ2v) is 8.80. The third-order valence-corrected chi connectivity index (χ3v) is 6.04. The minimum Gasteiger partial charge on any atom is -0.376 e. The van der Waals surface area contributed by atoms with Crippen LogP contribution in [0, 0.1) is 5.82 Å². The van der Waals surface area contributed by atoms with Gasteiger partial charge in [0.1, 0.15) is 5.82 Å². The van der Waals surface area contributed by atoms with Crippen LogP contribution in [0.15, 0.2) is 29.3 Å². The predicted octanol–water partition coefficient (Wildman–Crippen LogP) is 4.35. The van der Waals surface area contributed by atoms with E-state index in [9.17, 15) is 4.39 Å². The van der Waals surface area contributed by atoms with Gasteiger partial charge in [-0.05, 0) is 49.8 Å². The molecule has 0 saturated carbocycles. The molecule has 0 aromatic heterocycles. The van der Waals surface area contributed by atoms with E-state index in [0.29, 0.717) is 12.6 Å². The summed E-state index contributed by atoms with van der Waals surface area (Å²) in [7, 11) is 1.82. The van der Waals surface area contributed by atoms with Crippen molar-refractivity contribution in [1.82, 2.24) is 10.2 Å². The van der Waals surface area contributed by atoms with Gasteiger partial charge in [0.2, 0.25) is 0 Å². The molecule has 1 aromatic carbocycles. The van der Waals surface area contributed by atoms with E-state index in [0.717, 1.165) is 57.1 Å². The molecule has 5 nitrogen and oxygen atoms in total. The van der Waals surface area contributed by atoms with Crippen molar-refractivity contribution in [3.63, 3.8) is 0 Å². The van der Waals surface area contributed by atoms with Crippen molar-refractivity contribution >= 4 is 29.9 Å². The summed E-state index contributed by atoms with van der Waals surface area (Å²) in [6.45, 7) is 8.38. The Hall–Kier alpha value is -0.930. The minimum atomic E-state index is -0.195. The van der Waals surface area contributed by atoms with Crippen molar-refractivity contribution in [3.05, 3.63) is 35.6 Å². The van der Waals surface area contributed by atoms with Crippen LogP contribution in [-0.2, 0) is 14.9 Å². The van der Waals surface area contributed by atoms with Crippen LogP contribution in [0.3, 0.4) is 0 Å². The number of nitrogens with one attached hydrogen (secondary N) is 1. The first-order chi connectivity index (χ1) is 14.0. The van der Waals surface area contributed by atoms with Gasteiger partial charge in [0.15, 0.2) is 5.96 Å². The molecular formula is C23H37FIN3O2. The molecule has 1 aromatic rings. The largest absolute Gasteiger partial charge is 0.376 e. The highest BCUT2D eigenvalue weighted by Gasteiger charge is 2.26. The van der Waals surface area contributed by atoms with E-state index in [4.69, 9.17) is 9.47 Å². The molecule has 1 N–H and O–H groups in total. The van der Waals surface area contributed by atoms with Gasteiger partial charge in [-0.3, -0.25) is 4.99 Å². The number of nitrogens with zero attached hydrogens (tertiary/aromatic N) is 2. The number of guanidine groups is 1. The SMILES string of the molecule is CN=C(NCC(C)(C)c1cccc(F)c1)N1CCC(OCC2CCCCO2)CC1.I. The Morgan fingerprint density at radius 1 is 1.27 bits per heavy atom. The summed E-state index contributed by atoms with van der Waals surface area (Å²) >= 11 is 0. The summed E-state index contributed by atoms with van der Waals surface area (Å²) in [6.07, 6.45) is 6.13. The molecule has 3 rings (SSSR count). The Kier molecular flexibility index (Phi) is 10.3. The number of piperidine rings is 1. The molecule has 0 bridgehead atoms. The van der Waals surface area contributed by atoms with E-state index in [1.54, 1.807) is 12.1 Å². The van der Waals surface area contributed by atoms with Crippen molar-refractivity contribution in [2.24, 2.45) is 4.99 Å². The molecule has 2 fully saturated rings. The van der Waals surface area contributed by atoms with E-state index < -0.39 is 0 Å². The maximum absolute atomic E-state index is 13.6. The molecule has 1 atom stereocenters. The summed E-state index contributed by atoms with van der Waals surface area (Å²) < 4.78 is 25.5. The molecule has 30 heavy (non-hydrogen) atoms. The lowest BCUT2D eigenvalue weighted by molar-refractivity contribution is -0.0721. The fourth-order valence-corrected chi connectivity index (χ4v) is 4.06. The number of aliphatic imine (C=N–C) groups is 1. The van der Waals surface area contributed by atoms with Crippen molar-refractivity contribution in [3.8, 4) is 0 Å². The van der Waals surface area contributed by atoms with Gasteiger partial charge in [0.25, 0.3) is 0 Å². The molecule has 2 heterocycles. The number of rotatable bonds is 6. The molecule has 1 unspecified atom stereocenters. The molecule has 0 radical (unpaired) electrons. The van der Waals surface area contributed by atoms with Gasteiger partial charge in [-0.25, -0.2) is 4.39 Å². The summed E-state index contributed by atoms with van der Waals surface area (Å²) in [5.74, 6) is 0.712. The molecule has 0 aliphatic carbocycles. The first-order valence-electron chi connectivity index (χ1n) is 10.9. The van der Waals surface area contributed by atoms with Gasteiger partial charge in [-0.2, -0.15) is 0 Å². The van der Waals surface area contributed by atoms with Crippen molar-refractivity contribution < 1.29 is 13.9 Å². The number of halogens is 2. The first-order valence-corrected chi connectivity index (χ1v) is 10.9. The molecule has 170 valence electrons. The fraction of sp³-hybridized carbons (Fsp3) is 0.696. The van der Waals surface area contributed by atoms with E-state index >= 15 is 0 Å². The molecule has 7 heteroatoms. The number of likely N-dealkylation sites (tertiary alicyclic amines) is 1. The van der Waals surface area contributed by atoms with Gasteiger partial charge < -0.3 is 19.7 Å². The lowest BCUT2D eigenvalue weighted by Crippen LogP contribution is -2.49. The van der Waals surface area contributed by atoms with Crippen LogP contribution >= 0.6 is 24.0 Å². The summed E-state index contributed by atoms with van der Waals surface area (Å²) in [4.78, 5) is 6.76. The standard InChI is InChI=1S/C23H36FN3O2.HI/c1-23(2,18-7-6-8-19(24)15-18)17-26-22(25-3)27-12-10-20(11-13-27)29-16-21-9-4-5-14-28-21;/h6-8,15,20-21H,4-5,9-14,16-17H2,1-3H3,(H,25,26);1H. The van der Waals surface area contributed by atoms with Crippen LogP contribution in [0.2, 0.25) is 0 Å². The maximum atomic E-state index is 13.6. The van der Waals surface area contributed by atoms with Gasteiger partial charge >= 0.3 is 0 Å². The van der Waals surface area contributed by atoms with Gasteiger partial charge in [-0.15, -0.1) is 24.0 Å². The topological polar surface area (TPSA) is 46.1 Å².